The molecule has 1 N–H and O–H groups in total. The van der Waals surface area contributed by atoms with E-state index in [1.807, 2.05) is 18.2 Å². The van der Waals surface area contributed by atoms with Gasteiger partial charge in [-0.2, -0.15) is 0 Å². The number of anilines is 2. The monoisotopic (exact) mass is 254 g/mol. The first-order valence-electron chi connectivity index (χ1n) is 5.96. The maximum Gasteiger partial charge on any atom is 0.232 e. The second kappa shape index (κ2) is 4.96. The molecule has 0 unspecified atom stereocenters. The Morgan fingerprint density at radius 1 is 1.29 bits per heavy atom. The first kappa shape index (κ1) is 12.2. The number of nitrogens with one attached hydrogen (secondary N) is 1. The Balaban J connectivity index is 2.16. The Morgan fingerprint density at radius 3 is 2.65 bits per heavy atom. The highest BCUT2D eigenvalue weighted by Crippen LogP contribution is 2.23. The van der Waals surface area contributed by atoms with Crippen molar-refractivity contribution in [1.29, 1.82) is 0 Å². The summed E-state index contributed by atoms with van der Waals surface area (Å²) in [6.07, 6.45) is 2.43. The lowest BCUT2D eigenvalue weighted by Gasteiger charge is -2.18. The summed E-state index contributed by atoms with van der Waals surface area (Å²) in [4.78, 5) is 2.28. The molecule has 0 aromatic heterocycles. The van der Waals surface area contributed by atoms with Crippen LogP contribution in [-0.2, 0) is 10.0 Å². The van der Waals surface area contributed by atoms with E-state index in [-0.39, 0.29) is 5.75 Å². The average molecular weight is 254 g/mol. The molecule has 94 valence electrons. The molecule has 17 heavy (non-hydrogen) atoms. The first-order chi connectivity index (χ1) is 8.11. The zero-order valence-corrected chi connectivity index (χ0v) is 10.8. The molecule has 0 bridgehead atoms. The lowest BCUT2D eigenvalue weighted by Crippen LogP contribution is -2.18. The van der Waals surface area contributed by atoms with E-state index in [4.69, 9.17) is 0 Å². The average Bonchev–Trinajstić information content (AvgIpc) is 2.82. The van der Waals surface area contributed by atoms with Crippen LogP contribution >= 0.6 is 0 Å². The summed E-state index contributed by atoms with van der Waals surface area (Å²) in [6.45, 7) is 3.75. The fraction of sp³-hybridized carbons (Fsp3) is 0.500. The third-order valence-electron chi connectivity index (χ3n) is 2.97. The predicted molar refractivity (Wildman–Crippen MR) is 71.0 cm³/mol. The van der Waals surface area contributed by atoms with Crippen LogP contribution in [0.25, 0.3) is 0 Å². The first-order valence-corrected chi connectivity index (χ1v) is 7.61. The van der Waals surface area contributed by atoms with Crippen molar-refractivity contribution in [3.63, 3.8) is 0 Å². The molecule has 4 nitrogen and oxygen atoms in total. The number of nitrogens with zero attached hydrogens (tertiary/aromatic N) is 1. The summed E-state index contributed by atoms with van der Waals surface area (Å²) in [5.41, 5.74) is 1.75. The van der Waals surface area contributed by atoms with Gasteiger partial charge in [-0.15, -0.1) is 0 Å². The summed E-state index contributed by atoms with van der Waals surface area (Å²) in [6, 6.07) is 7.60. The Hall–Kier alpha value is -1.23. The van der Waals surface area contributed by atoms with Gasteiger partial charge < -0.3 is 4.90 Å². The lowest BCUT2D eigenvalue weighted by atomic mass is 10.2. The molecule has 1 fully saturated rings. The van der Waals surface area contributed by atoms with Crippen molar-refractivity contribution in [2.75, 3.05) is 28.5 Å². The molecule has 2 rings (SSSR count). The fourth-order valence-corrected chi connectivity index (χ4v) is 2.62. The van der Waals surface area contributed by atoms with E-state index in [0.717, 1.165) is 18.8 Å². The van der Waals surface area contributed by atoms with Crippen LogP contribution in [0.3, 0.4) is 0 Å². The molecule has 0 aliphatic carbocycles. The van der Waals surface area contributed by atoms with Crippen LogP contribution in [0.4, 0.5) is 11.4 Å². The summed E-state index contributed by atoms with van der Waals surface area (Å²) in [5, 5.41) is 0. The molecule has 1 aromatic carbocycles. The molecule has 1 heterocycles. The molecule has 1 aromatic rings. The molecular weight excluding hydrogens is 236 g/mol. The van der Waals surface area contributed by atoms with Crippen molar-refractivity contribution >= 4 is 21.4 Å². The van der Waals surface area contributed by atoms with Crippen LogP contribution in [0.5, 0.6) is 0 Å². The predicted octanol–water partition coefficient (Wildman–Crippen LogP) is 2.05. The van der Waals surface area contributed by atoms with Gasteiger partial charge in [-0.3, -0.25) is 4.72 Å². The molecule has 0 atom stereocenters. The van der Waals surface area contributed by atoms with Gasteiger partial charge in [0.2, 0.25) is 10.0 Å². The fourth-order valence-electron chi connectivity index (χ4n) is 1.99. The highest BCUT2D eigenvalue weighted by atomic mass is 32.2. The van der Waals surface area contributed by atoms with Gasteiger partial charge in [0.15, 0.2) is 0 Å². The van der Waals surface area contributed by atoms with E-state index in [2.05, 4.69) is 9.62 Å². The van der Waals surface area contributed by atoms with Gasteiger partial charge in [0.05, 0.1) is 11.4 Å². The Kier molecular flexibility index (Phi) is 3.57. The molecule has 0 saturated carbocycles. The minimum Gasteiger partial charge on any atom is -0.371 e. The van der Waals surface area contributed by atoms with Gasteiger partial charge in [-0.25, -0.2) is 8.42 Å². The summed E-state index contributed by atoms with van der Waals surface area (Å²) in [5.74, 6) is 0.0982. The third-order valence-corrected chi connectivity index (χ3v) is 4.28. The van der Waals surface area contributed by atoms with Crippen molar-refractivity contribution < 1.29 is 8.42 Å². The number of sulfonamides is 1. The van der Waals surface area contributed by atoms with Crippen LogP contribution in [0.15, 0.2) is 24.3 Å². The summed E-state index contributed by atoms with van der Waals surface area (Å²) < 4.78 is 25.5. The van der Waals surface area contributed by atoms with Crippen molar-refractivity contribution in [2.45, 2.75) is 19.8 Å². The van der Waals surface area contributed by atoms with E-state index >= 15 is 0 Å². The van der Waals surface area contributed by atoms with Gasteiger partial charge in [0.1, 0.15) is 0 Å². The second-order valence-corrected chi connectivity index (χ2v) is 6.26. The minimum atomic E-state index is -3.18. The Labute approximate surface area is 103 Å². The maximum absolute atomic E-state index is 11.5. The van der Waals surface area contributed by atoms with Gasteiger partial charge in [0.25, 0.3) is 0 Å². The highest BCUT2D eigenvalue weighted by Gasteiger charge is 2.13. The molecule has 1 saturated heterocycles. The molecule has 5 heteroatoms. The second-order valence-electron chi connectivity index (χ2n) is 4.25. The number of benzene rings is 1. The maximum atomic E-state index is 11.5. The quantitative estimate of drug-likeness (QED) is 0.894. The van der Waals surface area contributed by atoms with E-state index in [9.17, 15) is 8.42 Å². The van der Waals surface area contributed by atoms with Crippen LogP contribution in [0.1, 0.15) is 19.8 Å². The Morgan fingerprint density at radius 2 is 2.00 bits per heavy atom. The van der Waals surface area contributed by atoms with Gasteiger partial charge in [-0.1, -0.05) is 6.07 Å². The topological polar surface area (TPSA) is 49.4 Å². The normalized spacial score (nSPS) is 16.2. The molecule has 0 spiro atoms. The van der Waals surface area contributed by atoms with Crippen molar-refractivity contribution in [2.24, 2.45) is 0 Å². The zero-order chi connectivity index (χ0) is 12.3. The Bertz CT molecular complexity index is 479. The van der Waals surface area contributed by atoms with Crippen LogP contribution in [0.2, 0.25) is 0 Å². The van der Waals surface area contributed by atoms with Crippen LogP contribution < -0.4 is 9.62 Å². The SMILES string of the molecule is CCS(=O)(=O)Nc1cccc(N2CCCC2)c1. The zero-order valence-electron chi connectivity index (χ0n) is 10.0. The smallest absolute Gasteiger partial charge is 0.232 e. The van der Waals surface area contributed by atoms with Gasteiger partial charge in [-0.05, 0) is 38.0 Å². The molecule has 1 aliphatic rings. The van der Waals surface area contributed by atoms with Crippen LogP contribution in [-0.4, -0.2) is 27.3 Å². The van der Waals surface area contributed by atoms with Gasteiger partial charge in [0, 0.05) is 18.8 Å². The molecule has 1 aliphatic heterocycles. The number of hydrogen-bond acceptors (Lipinski definition) is 3. The molecule has 0 radical (unpaired) electrons. The van der Waals surface area contributed by atoms with Gasteiger partial charge >= 0.3 is 0 Å². The van der Waals surface area contributed by atoms with Crippen molar-refractivity contribution in [3.05, 3.63) is 24.3 Å². The van der Waals surface area contributed by atoms with E-state index in [1.54, 1.807) is 13.0 Å². The summed E-state index contributed by atoms with van der Waals surface area (Å²) in [7, 11) is -3.18. The lowest BCUT2D eigenvalue weighted by molar-refractivity contribution is 0.602. The standard InChI is InChI=1S/C12H18N2O2S/c1-2-17(15,16)13-11-6-5-7-12(10-11)14-8-3-4-9-14/h5-7,10,13H,2-4,8-9H2,1H3. The van der Waals surface area contributed by atoms with E-state index < -0.39 is 10.0 Å². The largest absolute Gasteiger partial charge is 0.371 e. The number of rotatable bonds is 4. The number of hydrogen-bond donors (Lipinski definition) is 1. The summed E-state index contributed by atoms with van der Waals surface area (Å²) >= 11 is 0. The van der Waals surface area contributed by atoms with Crippen molar-refractivity contribution in [3.8, 4) is 0 Å². The van der Waals surface area contributed by atoms with Crippen molar-refractivity contribution in [1.82, 2.24) is 0 Å². The molecular formula is C12H18N2O2S. The van der Waals surface area contributed by atoms with Crippen LogP contribution in [0, 0.1) is 0 Å². The third kappa shape index (κ3) is 3.12. The highest BCUT2D eigenvalue weighted by molar-refractivity contribution is 7.92. The minimum absolute atomic E-state index is 0.0982. The van der Waals surface area contributed by atoms with E-state index in [1.165, 1.54) is 12.8 Å². The van der Waals surface area contributed by atoms with E-state index in [0.29, 0.717) is 5.69 Å². The molecule has 0 amide bonds.